The van der Waals surface area contributed by atoms with E-state index < -0.39 is 11.9 Å². The molecule has 4 heterocycles. The number of nitrogens with two attached hydrogens (primary N) is 1. The van der Waals surface area contributed by atoms with Crippen LogP contribution in [0.3, 0.4) is 0 Å². The minimum Gasteiger partial charge on any atom is -0.368 e. The van der Waals surface area contributed by atoms with Gasteiger partial charge in [-0.1, -0.05) is 12.0 Å². The Labute approximate surface area is 217 Å². The molecule has 8 nitrogen and oxygen atoms in total. The number of primary amides is 1. The van der Waals surface area contributed by atoms with E-state index in [0.29, 0.717) is 31.5 Å². The van der Waals surface area contributed by atoms with Crippen molar-refractivity contribution in [2.75, 3.05) is 6.54 Å². The van der Waals surface area contributed by atoms with Crippen molar-refractivity contribution in [3.63, 3.8) is 0 Å². The summed E-state index contributed by atoms with van der Waals surface area (Å²) in [4.78, 5) is 40.6. The summed E-state index contributed by atoms with van der Waals surface area (Å²) in [6, 6.07) is 1.46. The van der Waals surface area contributed by atoms with Crippen LogP contribution in [0.5, 0.6) is 0 Å². The van der Waals surface area contributed by atoms with Gasteiger partial charge in [0.15, 0.2) is 0 Å². The van der Waals surface area contributed by atoms with Crippen LogP contribution in [0.25, 0.3) is 27.9 Å². The Balaban J connectivity index is 1.59. The molecule has 0 spiro atoms. The summed E-state index contributed by atoms with van der Waals surface area (Å²) in [5.41, 5.74) is 14.2. The third kappa shape index (κ3) is 4.08. The van der Waals surface area contributed by atoms with Gasteiger partial charge in [0.1, 0.15) is 23.7 Å². The minimum atomic E-state index is -0.480. The van der Waals surface area contributed by atoms with Crippen LogP contribution in [0.4, 0.5) is 0 Å². The third-order valence-corrected chi connectivity index (χ3v) is 7.88. The Morgan fingerprint density at radius 3 is 2.57 bits per heavy atom. The van der Waals surface area contributed by atoms with E-state index in [4.69, 9.17) is 12.2 Å². The van der Waals surface area contributed by atoms with Crippen LogP contribution in [0.2, 0.25) is 0 Å². The van der Waals surface area contributed by atoms with E-state index in [1.54, 1.807) is 11.2 Å². The summed E-state index contributed by atoms with van der Waals surface area (Å²) in [5.74, 6) is 2.12. The van der Waals surface area contributed by atoms with E-state index in [0.717, 1.165) is 57.6 Å². The zero-order valence-corrected chi connectivity index (χ0v) is 21.8. The molecule has 0 saturated carbocycles. The summed E-state index contributed by atoms with van der Waals surface area (Å²) < 4.78 is 2.12. The van der Waals surface area contributed by atoms with Gasteiger partial charge < -0.3 is 15.2 Å². The molecule has 2 amide bonds. The number of allylic oxidation sites excluding steroid dienone is 2. The Kier molecular flexibility index (Phi) is 6.32. The number of fused-ring (bicyclic) bond motifs is 1. The van der Waals surface area contributed by atoms with Crippen LogP contribution in [0.1, 0.15) is 60.3 Å². The van der Waals surface area contributed by atoms with Gasteiger partial charge in [0.25, 0.3) is 0 Å². The van der Waals surface area contributed by atoms with E-state index in [-0.39, 0.29) is 11.8 Å². The van der Waals surface area contributed by atoms with Gasteiger partial charge in [0.2, 0.25) is 11.8 Å². The van der Waals surface area contributed by atoms with Gasteiger partial charge >= 0.3 is 0 Å². The Morgan fingerprint density at radius 2 is 1.92 bits per heavy atom. The Morgan fingerprint density at radius 1 is 1.14 bits per heavy atom. The van der Waals surface area contributed by atoms with Crippen LogP contribution in [-0.2, 0) is 16.6 Å². The Bertz CT molecular complexity index is 1490. The molecule has 1 aliphatic carbocycles. The number of likely N-dealkylation sites (tertiary alicyclic amines) is 1. The highest BCUT2D eigenvalue weighted by atomic mass is 16.2. The SMILES string of the molecule is C#Cc1cc(C)c(-c2c(C3=CCC(C(=O)N4CCCC4C(N)=O)CC3)c3c(C)ncnc3n2C)c(C)n1. The fourth-order valence-electron chi connectivity index (χ4n) is 6.12. The van der Waals surface area contributed by atoms with Gasteiger partial charge in [0.05, 0.1) is 11.4 Å². The van der Waals surface area contributed by atoms with Crippen molar-refractivity contribution in [3.8, 4) is 23.6 Å². The summed E-state index contributed by atoms with van der Waals surface area (Å²) in [7, 11) is 2.02. The molecular formula is C29H32N6O2. The van der Waals surface area contributed by atoms with Gasteiger partial charge in [-0.15, -0.1) is 6.42 Å². The fraction of sp³-hybridized carbons (Fsp3) is 0.414. The van der Waals surface area contributed by atoms with Crippen LogP contribution in [-0.4, -0.2) is 48.8 Å². The molecule has 1 aliphatic heterocycles. The summed E-state index contributed by atoms with van der Waals surface area (Å²) in [6.45, 7) is 6.64. The van der Waals surface area contributed by atoms with Gasteiger partial charge in [0, 0.05) is 41.7 Å². The van der Waals surface area contributed by atoms with Crippen molar-refractivity contribution in [1.82, 2.24) is 24.4 Å². The zero-order valence-electron chi connectivity index (χ0n) is 21.8. The molecule has 0 aromatic carbocycles. The first-order valence-corrected chi connectivity index (χ1v) is 12.8. The quantitative estimate of drug-likeness (QED) is 0.556. The molecule has 8 heteroatoms. The molecule has 37 heavy (non-hydrogen) atoms. The van der Waals surface area contributed by atoms with E-state index in [2.05, 4.69) is 38.4 Å². The average molecular weight is 497 g/mol. The van der Waals surface area contributed by atoms with Crippen molar-refractivity contribution < 1.29 is 9.59 Å². The largest absolute Gasteiger partial charge is 0.368 e. The summed E-state index contributed by atoms with van der Waals surface area (Å²) in [6.07, 6.45) is 12.9. The second-order valence-corrected chi connectivity index (χ2v) is 10.2. The van der Waals surface area contributed by atoms with Crippen molar-refractivity contribution in [2.45, 2.75) is 58.9 Å². The number of hydrogen-bond acceptors (Lipinski definition) is 5. The predicted molar refractivity (Wildman–Crippen MR) is 143 cm³/mol. The highest BCUT2D eigenvalue weighted by Gasteiger charge is 2.37. The number of carbonyl (C=O) groups excluding carboxylic acids is 2. The topological polar surface area (TPSA) is 107 Å². The smallest absolute Gasteiger partial charge is 0.240 e. The number of terminal acetylenes is 1. The molecule has 5 rings (SSSR count). The molecule has 0 bridgehead atoms. The van der Waals surface area contributed by atoms with Crippen LogP contribution in [0.15, 0.2) is 18.5 Å². The third-order valence-electron chi connectivity index (χ3n) is 7.88. The van der Waals surface area contributed by atoms with Gasteiger partial charge in [-0.2, -0.15) is 0 Å². The Hall–Kier alpha value is -3.99. The van der Waals surface area contributed by atoms with E-state index in [1.807, 2.05) is 27.0 Å². The summed E-state index contributed by atoms with van der Waals surface area (Å²) in [5, 5.41) is 1.02. The molecule has 1 saturated heterocycles. The van der Waals surface area contributed by atoms with Crippen LogP contribution >= 0.6 is 0 Å². The normalized spacial score (nSPS) is 19.6. The number of aromatic nitrogens is 4. The van der Waals surface area contributed by atoms with Crippen LogP contribution < -0.4 is 5.73 Å². The van der Waals surface area contributed by atoms with Crippen LogP contribution in [0, 0.1) is 39.0 Å². The molecule has 190 valence electrons. The molecule has 2 unspecified atom stereocenters. The maximum absolute atomic E-state index is 13.3. The number of carbonyl (C=O) groups is 2. The number of amides is 2. The van der Waals surface area contributed by atoms with E-state index in [9.17, 15) is 9.59 Å². The lowest BCUT2D eigenvalue weighted by atomic mass is 9.83. The highest BCUT2D eigenvalue weighted by molar-refractivity contribution is 6.01. The van der Waals surface area contributed by atoms with Crippen molar-refractivity contribution in [2.24, 2.45) is 18.7 Å². The molecule has 3 aromatic heterocycles. The highest BCUT2D eigenvalue weighted by Crippen LogP contribution is 2.44. The maximum atomic E-state index is 13.3. The van der Waals surface area contributed by atoms with E-state index in [1.165, 1.54) is 5.57 Å². The second-order valence-electron chi connectivity index (χ2n) is 10.2. The zero-order chi connectivity index (χ0) is 26.4. The number of hydrogen-bond donors (Lipinski definition) is 1. The molecular weight excluding hydrogens is 464 g/mol. The average Bonchev–Trinajstić information content (AvgIpc) is 3.48. The first-order chi connectivity index (χ1) is 17.7. The maximum Gasteiger partial charge on any atom is 0.240 e. The fourth-order valence-corrected chi connectivity index (χ4v) is 6.12. The number of pyridine rings is 1. The standard InChI is InChI=1S/C29H32N6O2/c1-6-21-14-16(2)23(18(4)33-21)26-25(24-17(3)31-15-32-28(24)34(26)5)19-9-11-20(12-10-19)29(37)35-13-7-8-22(35)27(30)36/h1,9,14-15,20,22H,7-8,10-13H2,2-5H3,(H2,30,36). The van der Waals surface area contributed by atoms with Crippen molar-refractivity contribution in [3.05, 3.63) is 46.7 Å². The first-order valence-electron chi connectivity index (χ1n) is 12.8. The lowest BCUT2D eigenvalue weighted by Crippen LogP contribution is -2.46. The molecule has 2 aliphatic rings. The second kappa shape index (κ2) is 9.47. The molecule has 0 radical (unpaired) electrons. The lowest BCUT2D eigenvalue weighted by Gasteiger charge is -2.29. The van der Waals surface area contributed by atoms with Crippen molar-refractivity contribution in [1.29, 1.82) is 0 Å². The van der Waals surface area contributed by atoms with E-state index >= 15 is 0 Å². The molecule has 2 atom stereocenters. The first kappa shape index (κ1) is 24.7. The number of rotatable bonds is 4. The number of aryl methyl sites for hydroxylation is 4. The lowest BCUT2D eigenvalue weighted by molar-refractivity contribution is -0.140. The molecule has 2 N–H and O–H groups in total. The summed E-state index contributed by atoms with van der Waals surface area (Å²) >= 11 is 0. The van der Waals surface area contributed by atoms with Gasteiger partial charge in [-0.3, -0.25) is 9.59 Å². The minimum absolute atomic E-state index is 0.0371. The van der Waals surface area contributed by atoms with Gasteiger partial charge in [-0.05, 0) is 70.1 Å². The monoisotopic (exact) mass is 496 g/mol. The number of nitrogens with zero attached hydrogens (tertiary/aromatic N) is 5. The van der Waals surface area contributed by atoms with Crippen molar-refractivity contribution >= 4 is 28.4 Å². The molecule has 1 fully saturated rings. The predicted octanol–water partition coefficient (Wildman–Crippen LogP) is 3.60. The molecule has 3 aromatic rings. The van der Waals surface area contributed by atoms with Gasteiger partial charge in [-0.25, -0.2) is 15.0 Å².